The van der Waals surface area contributed by atoms with Gasteiger partial charge in [0.2, 0.25) is 5.79 Å². The van der Waals surface area contributed by atoms with Gasteiger partial charge in [-0.3, -0.25) is 9.59 Å². The first kappa shape index (κ1) is 15.9. The maximum Gasteiger partial charge on any atom is 0.326 e. The van der Waals surface area contributed by atoms with Crippen LogP contribution in [-0.4, -0.2) is 57.8 Å². The number of hydrogen-bond acceptors (Lipinski definition) is 5. The van der Waals surface area contributed by atoms with Crippen LogP contribution in [0.3, 0.4) is 0 Å². The SMILES string of the molecule is CC1CCCOC1(O)C(=O)C(=O)N1CCCCC1C(=O)O. The highest BCUT2D eigenvalue weighted by Crippen LogP contribution is 2.31. The molecule has 2 heterocycles. The molecule has 2 rings (SSSR count). The fourth-order valence-electron chi connectivity index (χ4n) is 2.96. The van der Waals surface area contributed by atoms with Crippen LogP contribution in [0.2, 0.25) is 0 Å². The molecule has 2 aliphatic rings. The van der Waals surface area contributed by atoms with Crippen molar-refractivity contribution in [2.75, 3.05) is 13.2 Å². The van der Waals surface area contributed by atoms with E-state index in [1.54, 1.807) is 6.92 Å². The summed E-state index contributed by atoms with van der Waals surface area (Å²) in [5.74, 6) is -5.76. The lowest BCUT2D eigenvalue weighted by molar-refractivity contribution is -0.240. The Bertz CT molecular complexity index is 451. The minimum atomic E-state index is -2.13. The summed E-state index contributed by atoms with van der Waals surface area (Å²) >= 11 is 0. The molecule has 2 saturated heterocycles. The van der Waals surface area contributed by atoms with Gasteiger partial charge in [0.1, 0.15) is 6.04 Å². The molecule has 0 saturated carbocycles. The number of aliphatic carboxylic acids is 1. The molecule has 0 bridgehead atoms. The van der Waals surface area contributed by atoms with Gasteiger partial charge in [-0.2, -0.15) is 0 Å². The first-order chi connectivity index (χ1) is 9.88. The molecular formula is C14H21NO6. The molecule has 0 spiro atoms. The molecule has 2 aliphatic heterocycles. The number of Topliss-reactive ketones (excluding diaryl/α,β-unsaturated/α-hetero) is 1. The number of carbonyl (C=O) groups excluding carboxylic acids is 2. The highest BCUT2D eigenvalue weighted by atomic mass is 16.6. The molecule has 2 N–H and O–H groups in total. The van der Waals surface area contributed by atoms with E-state index in [4.69, 9.17) is 9.84 Å². The lowest BCUT2D eigenvalue weighted by Gasteiger charge is -2.38. The zero-order valence-electron chi connectivity index (χ0n) is 12.1. The van der Waals surface area contributed by atoms with Crippen molar-refractivity contribution in [3.05, 3.63) is 0 Å². The number of carboxylic acids is 1. The minimum Gasteiger partial charge on any atom is -0.480 e. The second-order valence-electron chi connectivity index (χ2n) is 5.77. The van der Waals surface area contributed by atoms with E-state index in [1.165, 1.54) is 0 Å². The van der Waals surface area contributed by atoms with Crippen molar-refractivity contribution < 1.29 is 29.3 Å². The monoisotopic (exact) mass is 299 g/mol. The number of likely N-dealkylation sites (tertiary alicyclic amines) is 1. The lowest BCUT2D eigenvalue weighted by Crippen LogP contribution is -2.59. The molecule has 0 radical (unpaired) electrons. The van der Waals surface area contributed by atoms with E-state index in [2.05, 4.69) is 0 Å². The van der Waals surface area contributed by atoms with Crippen LogP contribution < -0.4 is 0 Å². The topological polar surface area (TPSA) is 104 Å². The summed E-state index contributed by atoms with van der Waals surface area (Å²) in [5, 5.41) is 19.5. The molecule has 7 heteroatoms. The smallest absolute Gasteiger partial charge is 0.326 e. The Labute approximate surface area is 122 Å². The molecule has 3 unspecified atom stereocenters. The molecule has 7 nitrogen and oxygen atoms in total. The third kappa shape index (κ3) is 2.94. The highest BCUT2D eigenvalue weighted by molar-refractivity contribution is 6.39. The van der Waals surface area contributed by atoms with E-state index in [-0.39, 0.29) is 13.2 Å². The number of piperidine rings is 1. The summed E-state index contributed by atoms with van der Waals surface area (Å²) in [5.41, 5.74) is 0. The van der Waals surface area contributed by atoms with Crippen LogP contribution in [0.1, 0.15) is 39.0 Å². The third-order valence-electron chi connectivity index (χ3n) is 4.34. The van der Waals surface area contributed by atoms with Gasteiger partial charge in [-0.25, -0.2) is 4.79 Å². The van der Waals surface area contributed by atoms with E-state index in [1.807, 2.05) is 0 Å². The zero-order valence-corrected chi connectivity index (χ0v) is 12.1. The van der Waals surface area contributed by atoms with Crippen molar-refractivity contribution in [1.29, 1.82) is 0 Å². The number of nitrogens with zero attached hydrogens (tertiary/aromatic N) is 1. The van der Waals surface area contributed by atoms with E-state index < -0.39 is 35.4 Å². The number of rotatable bonds is 3. The van der Waals surface area contributed by atoms with Crippen molar-refractivity contribution in [1.82, 2.24) is 4.90 Å². The predicted molar refractivity (Wildman–Crippen MR) is 71.3 cm³/mol. The van der Waals surface area contributed by atoms with Crippen LogP contribution in [-0.2, 0) is 19.1 Å². The van der Waals surface area contributed by atoms with Crippen LogP contribution in [0.5, 0.6) is 0 Å². The Hall–Kier alpha value is -1.47. The van der Waals surface area contributed by atoms with Crippen molar-refractivity contribution >= 4 is 17.7 Å². The van der Waals surface area contributed by atoms with E-state index >= 15 is 0 Å². The van der Waals surface area contributed by atoms with E-state index in [9.17, 15) is 19.5 Å². The Morgan fingerprint density at radius 1 is 1.19 bits per heavy atom. The van der Waals surface area contributed by atoms with Crippen molar-refractivity contribution in [2.24, 2.45) is 5.92 Å². The maximum absolute atomic E-state index is 12.3. The summed E-state index contributed by atoms with van der Waals surface area (Å²) in [6, 6.07) is -1.00. The summed E-state index contributed by atoms with van der Waals surface area (Å²) in [4.78, 5) is 36.9. The van der Waals surface area contributed by atoms with Crippen LogP contribution >= 0.6 is 0 Å². The number of ketones is 1. The van der Waals surface area contributed by atoms with Gasteiger partial charge in [0.15, 0.2) is 0 Å². The molecule has 2 fully saturated rings. The van der Waals surface area contributed by atoms with Gasteiger partial charge >= 0.3 is 5.97 Å². The summed E-state index contributed by atoms with van der Waals surface area (Å²) < 4.78 is 5.16. The molecule has 0 aromatic carbocycles. The van der Waals surface area contributed by atoms with Crippen molar-refractivity contribution in [3.63, 3.8) is 0 Å². The Morgan fingerprint density at radius 3 is 2.52 bits per heavy atom. The quantitative estimate of drug-likeness (QED) is 0.719. The normalized spacial score (nSPS) is 33.5. The van der Waals surface area contributed by atoms with Gasteiger partial charge in [0.25, 0.3) is 11.7 Å². The van der Waals surface area contributed by atoms with Gasteiger partial charge in [-0.15, -0.1) is 0 Å². The Kier molecular flexibility index (Phi) is 4.63. The number of hydrogen-bond donors (Lipinski definition) is 2. The predicted octanol–water partition coefficient (Wildman–Crippen LogP) is 0.156. The van der Waals surface area contributed by atoms with Crippen molar-refractivity contribution in [3.8, 4) is 0 Å². The minimum absolute atomic E-state index is 0.211. The maximum atomic E-state index is 12.3. The van der Waals surface area contributed by atoms with Crippen molar-refractivity contribution in [2.45, 2.75) is 50.9 Å². The standard InChI is InChI=1S/C14H21NO6/c1-9-5-4-8-21-14(9,20)11(16)12(17)15-7-3-2-6-10(15)13(18)19/h9-10,20H,2-8H2,1H3,(H,18,19). The summed E-state index contributed by atoms with van der Waals surface area (Å²) in [6.07, 6.45) is 2.97. The molecule has 118 valence electrons. The first-order valence-electron chi connectivity index (χ1n) is 7.32. The number of carboxylic acid groups (broad SMARTS) is 1. The van der Waals surface area contributed by atoms with Gasteiger partial charge < -0.3 is 19.8 Å². The van der Waals surface area contributed by atoms with Gasteiger partial charge in [-0.1, -0.05) is 6.92 Å². The van der Waals surface area contributed by atoms with Gasteiger partial charge in [0.05, 0.1) is 6.61 Å². The van der Waals surface area contributed by atoms with E-state index in [0.29, 0.717) is 32.1 Å². The largest absolute Gasteiger partial charge is 0.480 e. The second-order valence-corrected chi connectivity index (χ2v) is 5.77. The van der Waals surface area contributed by atoms with Crippen LogP contribution in [0.15, 0.2) is 0 Å². The van der Waals surface area contributed by atoms with Gasteiger partial charge in [-0.05, 0) is 32.1 Å². The average molecular weight is 299 g/mol. The lowest BCUT2D eigenvalue weighted by atomic mass is 9.88. The second kappa shape index (κ2) is 6.11. The van der Waals surface area contributed by atoms with Gasteiger partial charge in [0, 0.05) is 12.5 Å². The van der Waals surface area contributed by atoms with E-state index in [0.717, 1.165) is 4.90 Å². The molecule has 0 aromatic heterocycles. The summed E-state index contributed by atoms with van der Waals surface area (Å²) in [7, 11) is 0. The molecule has 1 amide bonds. The molecule has 3 atom stereocenters. The third-order valence-corrected chi connectivity index (χ3v) is 4.34. The number of carbonyl (C=O) groups is 3. The fraction of sp³-hybridized carbons (Fsp3) is 0.786. The summed E-state index contributed by atoms with van der Waals surface area (Å²) in [6.45, 7) is 2.07. The highest BCUT2D eigenvalue weighted by Gasteiger charge is 2.50. The average Bonchev–Trinajstić information content (AvgIpc) is 2.48. The zero-order chi connectivity index (χ0) is 15.6. The number of ether oxygens (including phenoxy) is 1. The molecule has 0 aliphatic carbocycles. The van der Waals surface area contributed by atoms with Crippen LogP contribution in [0.25, 0.3) is 0 Å². The van der Waals surface area contributed by atoms with Crippen LogP contribution in [0.4, 0.5) is 0 Å². The molecule has 21 heavy (non-hydrogen) atoms. The fourth-order valence-corrected chi connectivity index (χ4v) is 2.96. The van der Waals surface area contributed by atoms with Crippen LogP contribution in [0, 0.1) is 5.92 Å². The Balaban J connectivity index is 2.17. The first-order valence-corrected chi connectivity index (χ1v) is 7.32. The Morgan fingerprint density at radius 2 is 1.90 bits per heavy atom. The number of amides is 1. The molecular weight excluding hydrogens is 278 g/mol. The number of aliphatic hydroxyl groups is 1. The molecule has 0 aromatic rings.